The van der Waals surface area contributed by atoms with E-state index in [2.05, 4.69) is 20.1 Å². The smallest absolute Gasteiger partial charge is 0.326 e. The minimum Gasteiger partial charge on any atom is -0.480 e. The van der Waals surface area contributed by atoms with E-state index in [1.54, 1.807) is 0 Å². The number of hydrogen-bond acceptors (Lipinski definition) is 6. The zero-order valence-corrected chi connectivity index (χ0v) is 11.3. The zero-order valence-electron chi connectivity index (χ0n) is 11.3. The van der Waals surface area contributed by atoms with Crippen LogP contribution in [-0.2, 0) is 14.4 Å². The van der Waals surface area contributed by atoms with Crippen LogP contribution in [0.1, 0.15) is 24.8 Å². The monoisotopic (exact) mass is 307 g/mol. The van der Waals surface area contributed by atoms with E-state index in [-0.39, 0.29) is 18.7 Å². The Morgan fingerprint density at radius 3 is 2.55 bits per heavy atom. The summed E-state index contributed by atoms with van der Waals surface area (Å²) in [4.78, 5) is 43.8. The van der Waals surface area contributed by atoms with Crippen LogP contribution in [0, 0.1) is 0 Å². The maximum Gasteiger partial charge on any atom is 0.326 e. The number of carboxylic acid groups (broad SMARTS) is 1. The third-order valence-electron chi connectivity index (χ3n) is 2.57. The van der Waals surface area contributed by atoms with Crippen LogP contribution in [0.25, 0.3) is 5.53 Å². The third kappa shape index (κ3) is 5.19. The van der Waals surface area contributed by atoms with Crippen LogP contribution in [0.4, 0.5) is 0 Å². The summed E-state index contributed by atoms with van der Waals surface area (Å²) in [5.74, 6) is -3.15. The lowest BCUT2D eigenvalue weighted by Crippen LogP contribution is -2.43. The molecule has 2 unspecified atom stereocenters. The Labute approximate surface area is 124 Å². The van der Waals surface area contributed by atoms with Gasteiger partial charge in [-0.05, 0) is 12.5 Å². The van der Waals surface area contributed by atoms with Gasteiger partial charge in [0, 0.05) is 18.8 Å². The molecule has 0 aliphatic heterocycles. The standard InChI is InChI=1S/C12H13N5O5/c13-16-6-7(18)2-3-8(12(21)22)17-11(20)9(19)10-14-4-1-5-15-10/h1,4-6,8-9,19H,2-3H2,(H,17,20)(H,21,22). The van der Waals surface area contributed by atoms with Crippen LogP contribution >= 0.6 is 0 Å². The Kier molecular flexibility index (Phi) is 6.48. The minimum absolute atomic E-state index is 0.173. The van der Waals surface area contributed by atoms with Crippen LogP contribution in [0.3, 0.4) is 0 Å². The van der Waals surface area contributed by atoms with Crippen LogP contribution in [0.2, 0.25) is 0 Å². The van der Waals surface area contributed by atoms with Crippen molar-refractivity contribution in [2.75, 3.05) is 0 Å². The molecule has 1 heterocycles. The van der Waals surface area contributed by atoms with E-state index >= 15 is 0 Å². The van der Waals surface area contributed by atoms with Crippen molar-refractivity contribution in [2.24, 2.45) is 0 Å². The average molecular weight is 307 g/mol. The molecule has 10 nitrogen and oxygen atoms in total. The Morgan fingerprint density at radius 2 is 2.00 bits per heavy atom. The minimum atomic E-state index is -1.72. The number of aliphatic carboxylic acids is 1. The number of ketones is 1. The van der Waals surface area contributed by atoms with E-state index in [4.69, 9.17) is 10.6 Å². The zero-order chi connectivity index (χ0) is 16.5. The summed E-state index contributed by atoms with van der Waals surface area (Å²) in [5.41, 5.74) is 8.17. The van der Waals surface area contributed by atoms with Gasteiger partial charge in [-0.3, -0.25) is 9.59 Å². The molecule has 1 rings (SSSR count). The molecule has 0 fully saturated rings. The Balaban J connectivity index is 2.66. The van der Waals surface area contributed by atoms with Crippen molar-refractivity contribution in [1.29, 1.82) is 0 Å². The summed E-state index contributed by atoms with van der Waals surface area (Å²) in [6.07, 6.45) is 1.07. The molecule has 0 aliphatic rings. The number of Topliss-reactive ketones (excluding diaryl/α,β-unsaturated/α-hetero) is 1. The summed E-state index contributed by atoms with van der Waals surface area (Å²) >= 11 is 0. The summed E-state index contributed by atoms with van der Waals surface area (Å²) in [6.45, 7) is 0. The molecule has 0 radical (unpaired) electrons. The summed E-state index contributed by atoms with van der Waals surface area (Å²) in [5, 5.41) is 20.8. The molecule has 116 valence electrons. The first-order chi connectivity index (χ1) is 10.5. The van der Waals surface area contributed by atoms with Crippen LogP contribution in [0.15, 0.2) is 18.5 Å². The molecule has 1 amide bonds. The molecular weight excluding hydrogens is 294 g/mol. The number of rotatable bonds is 8. The summed E-state index contributed by atoms with van der Waals surface area (Å²) in [6, 6.07) is 0.101. The predicted octanol–water partition coefficient (Wildman–Crippen LogP) is -1.27. The van der Waals surface area contributed by atoms with Crippen LogP contribution < -0.4 is 5.32 Å². The highest BCUT2D eigenvalue weighted by Crippen LogP contribution is 2.07. The maximum absolute atomic E-state index is 11.8. The number of aliphatic hydroxyl groups is 1. The van der Waals surface area contributed by atoms with Gasteiger partial charge >= 0.3 is 12.2 Å². The molecule has 22 heavy (non-hydrogen) atoms. The number of aliphatic hydroxyl groups excluding tert-OH is 1. The number of amides is 1. The molecule has 1 aromatic heterocycles. The number of nitrogens with one attached hydrogen (secondary N) is 1. The van der Waals surface area contributed by atoms with Crippen LogP contribution in [-0.4, -0.2) is 54.9 Å². The summed E-state index contributed by atoms with van der Waals surface area (Å²) < 4.78 is 0. The molecule has 0 saturated carbocycles. The highest BCUT2D eigenvalue weighted by Gasteiger charge is 2.26. The van der Waals surface area contributed by atoms with Crippen molar-refractivity contribution in [3.05, 3.63) is 29.8 Å². The normalized spacial score (nSPS) is 12.6. The lowest BCUT2D eigenvalue weighted by Gasteiger charge is -2.15. The Hall–Kier alpha value is -2.97. The predicted molar refractivity (Wildman–Crippen MR) is 70.5 cm³/mol. The first kappa shape index (κ1) is 17.1. The largest absolute Gasteiger partial charge is 0.480 e. The molecule has 1 aromatic rings. The van der Waals surface area contributed by atoms with Crippen LogP contribution in [0.5, 0.6) is 0 Å². The number of carboxylic acids is 1. The van der Waals surface area contributed by atoms with Gasteiger partial charge in [-0.15, -0.1) is 0 Å². The lowest BCUT2D eigenvalue weighted by atomic mass is 10.1. The number of nitrogens with zero attached hydrogens (tertiary/aromatic N) is 4. The number of aromatic nitrogens is 2. The van der Waals surface area contributed by atoms with E-state index in [0.29, 0.717) is 6.21 Å². The van der Waals surface area contributed by atoms with Gasteiger partial charge in [0.15, 0.2) is 11.9 Å². The molecule has 0 spiro atoms. The van der Waals surface area contributed by atoms with E-state index in [1.165, 1.54) is 18.5 Å². The van der Waals surface area contributed by atoms with Gasteiger partial charge in [0.1, 0.15) is 6.04 Å². The van der Waals surface area contributed by atoms with Crippen molar-refractivity contribution in [2.45, 2.75) is 25.0 Å². The van der Waals surface area contributed by atoms with E-state index in [0.717, 1.165) is 0 Å². The van der Waals surface area contributed by atoms with Gasteiger partial charge < -0.3 is 21.1 Å². The molecule has 0 saturated heterocycles. The third-order valence-corrected chi connectivity index (χ3v) is 2.57. The second-order valence-corrected chi connectivity index (χ2v) is 4.16. The number of carbonyl (C=O) groups excluding carboxylic acids is 2. The quantitative estimate of drug-likeness (QED) is 0.306. The Bertz CT molecular complexity index is 599. The van der Waals surface area contributed by atoms with Crippen molar-refractivity contribution < 1.29 is 29.4 Å². The fourth-order valence-corrected chi connectivity index (χ4v) is 1.49. The number of carbonyl (C=O) groups is 3. The topological polar surface area (TPSA) is 166 Å². The molecule has 10 heteroatoms. The second-order valence-electron chi connectivity index (χ2n) is 4.16. The van der Waals surface area contributed by atoms with Gasteiger partial charge in [0.25, 0.3) is 5.91 Å². The highest BCUT2D eigenvalue weighted by atomic mass is 16.4. The molecule has 2 atom stereocenters. The second kappa shape index (κ2) is 8.35. The van der Waals surface area contributed by atoms with Crippen molar-refractivity contribution in [1.82, 2.24) is 15.3 Å². The van der Waals surface area contributed by atoms with E-state index < -0.39 is 29.8 Å². The van der Waals surface area contributed by atoms with Gasteiger partial charge in [-0.25, -0.2) is 14.8 Å². The van der Waals surface area contributed by atoms with Gasteiger partial charge in [-0.2, -0.15) is 4.79 Å². The molecule has 0 bridgehead atoms. The van der Waals surface area contributed by atoms with Crippen molar-refractivity contribution >= 4 is 23.9 Å². The fraction of sp³-hybridized carbons (Fsp3) is 0.333. The van der Waals surface area contributed by atoms with Gasteiger partial charge in [-0.1, -0.05) is 0 Å². The van der Waals surface area contributed by atoms with Crippen molar-refractivity contribution in [3.8, 4) is 0 Å². The van der Waals surface area contributed by atoms with Gasteiger partial charge in [0.2, 0.25) is 5.78 Å². The van der Waals surface area contributed by atoms with Crippen molar-refractivity contribution in [3.63, 3.8) is 0 Å². The molecular formula is C12H13N5O5. The van der Waals surface area contributed by atoms with E-state index in [1.807, 2.05) is 0 Å². The number of hydrogen-bond donors (Lipinski definition) is 3. The highest BCUT2D eigenvalue weighted by molar-refractivity contribution is 6.25. The maximum atomic E-state index is 11.8. The van der Waals surface area contributed by atoms with E-state index in [9.17, 15) is 19.5 Å². The SMILES string of the molecule is [N-]=[N+]=CC(=O)CCC(NC(=O)C(O)c1ncccn1)C(=O)O. The molecule has 3 N–H and O–H groups in total. The first-order valence-electron chi connectivity index (χ1n) is 6.14. The molecule has 0 aromatic carbocycles. The first-order valence-corrected chi connectivity index (χ1v) is 6.14. The fourth-order valence-electron chi connectivity index (χ4n) is 1.49. The lowest BCUT2D eigenvalue weighted by molar-refractivity contribution is -0.143. The van der Waals surface area contributed by atoms with Gasteiger partial charge in [0.05, 0.1) is 0 Å². The average Bonchev–Trinajstić information content (AvgIpc) is 2.51. The molecule has 0 aliphatic carbocycles. The summed E-state index contributed by atoms with van der Waals surface area (Å²) in [7, 11) is 0. The Morgan fingerprint density at radius 1 is 1.36 bits per heavy atom.